The van der Waals surface area contributed by atoms with Gasteiger partial charge in [0.2, 0.25) is 0 Å². The van der Waals surface area contributed by atoms with Crippen molar-refractivity contribution in [2.24, 2.45) is 13.0 Å². The van der Waals surface area contributed by atoms with Gasteiger partial charge in [-0.05, 0) is 67.5 Å². The number of carboxylic acid groups (broad SMARTS) is 1. The molecule has 0 radical (unpaired) electrons. The number of hydrogen-bond acceptors (Lipinski definition) is 8. The second kappa shape index (κ2) is 11.6. The molecule has 10 nitrogen and oxygen atoms in total. The summed E-state index contributed by atoms with van der Waals surface area (Å²) in [5, 5.41) is 17.1. The monoisotopic (exact) mass is 595 g/mol. The van der Waals surface area contributed by atoms with E-state index in [-0.39, 0.29) is 28.3 Å². The number of fused-ring (bicyclic) bond motifs is 1. The third kappa shape index (κ3) is 5.11. The summed E-state index contributed by atoms with van der Waals surface area (Å²) < 4.78 is 20.0. The van der Waals surface area contributed by atoms with Gasteiger partial charge < -0.3 is 24.6 Å². The van der Waals surface area contributed by atoms with E-state index in [9.17, 15) is 19.5 Å². The van der Waals surface area contributed by atoms with Gasteiger partial charge in [-0.1, -0.05) is 18.2 Å². The SMILES string of the molecule is CCOc1cc(C(=O)[C@@H]2C(=O)c3cc(-c4cccc(C(=O)O)c4)ccc3OC23CCNCC3)cc(OC)c1-c1cnn(C)c1. The van der Waals surface area contributed by atoms with Crippen LogP contribution in [0.3, 0.4) is 0 Å². The largest absolute Gasteiger partial charge is 0.496 e. The highest BCUT2D eigenvalue weighted by Crippen LogP contribution is 2.46. The van der Waals surface area contributed by atoms with Gasteiger partial charge in [0.05, 0.1) is 36.6 Å². The Hall–Kier alpha value is -4.96. The summed E-state index contributed by atoms with van der Waals surface area (Å²) in [6.45, 7) is 3.41. The average Bonchev–Trinajstić information content (AvgIpc) is 3.46. The Labute approximate surface area is 254 Å². The molecule has 1 spiro atoms. The normalized spacial score (nSPS) is 17.1. The van der Waals surface area contributed by atoms with Crippen molar-refractivity contribution in [3.05, 3.63) is 83.7 Å². The van der Waals surface area contributed by atoms with Crippen molar-refractivity contribution in [3.63, 3.8) is 0 Å². The van der Waals surface area contributed by atoms with Crippen molar-refractivity contribution >= 4 is 17.5 Å². The first-order valence-electron chi connectivity index (χ1n) is 14.5. The molecule has 1 aromatic heterocycles. The molecule has 0 saturated carbocycles. The van der Waals surface area contributed by atoms with E-state index < -0.39 is 17.5 Å². The predicted molar refractivity (Wildman–Crippen MR) is 163 cm³/mol. The molecule has 0 aliphatic carbocycles. The lowest BCUT2D eigenvalue weighted by Crippen LogP contribution is -2.58. The highest BCUT2D eigenvalue weighted by Gasteiger charge is 2.54. The third-order valence-corrected chi connectivity index (χ3v) is 8.37. The minimum Gasteiger partial charge on any atom is -0.496 e. The van der Waals surface area contributed by atoms with E-state index in [1.165, 1.54) is 13.2 Å². The zero-order chi connectivity index (χ0) is 31.0. The van der Waals surface area contributed by atoms with Gasteiger partial charge in [-0.15, -0.1) is 0 Å². The summed E-state index contributed by atoms with van der Waals surface area (Å²) in [6, 6.07) is 15.1. The fraction of sp³-hybridized carbons (Fsp3) is 0.294. The van der Waals surface area contributed by atoms with Crippen molar-refractivity contribution in [1.82, 2.24) is 15.1 Å². The van der Waals surface area contributed by atoms with Gasteiger partial charge in [0, 0.05) is 37.2 Å². The number of aryl methyl sites for hydroxylation is 1. The molecule has 6 rings (SSSR count). The Bertz CT molecular complexity index is 1770. The minimum atomic E-state index is -1.11. The first-order valence-corrected chi connectivity index (χ1v) is 14.5. The van der Waals surface area contributed by atoms with E-state index in [0.717, 1.165) is 5.56 Å². The lowest BCUT2D eigenvalue weighted by atomic mass is 9.70. The minimum absolute atomic E-state index is 0.137. The molecule has 2 N–H and O–H groups in total. The van der Waals surface area contributed by atoms with Crippen LogP contribution in [0.4, 0.5) is 0 Å². The number of benzene rings is 3. The number of nitrogens with zero attached hydrogens (tertiary/aromatic N) is 2. The molecule has 44 heavy (non-hydrogen) atoms. The number of ketones is 2. The van der Waals surface area contributed by atoms with Crippen LogP contribution in [-0.4, -0.2) is 64.8 Å². The number of piperidine rings is 1. The number of carbonyl (C=O) groups is 3. The molecular weight excluding hydrogens is 562 g/mol. The fourth-order valence-electron chi connectivity index (χ4n) is 6.26. The first-order chi connectivity index (χ1) is 21.2. The Balaban J connectivity index is 1.45. The molecule has 2 aliphatic rings. The summed E-state index contributed by atoms with van der Waals surface area (Å²) in [6.07, 6.45) is 4.48. The van der Waals surface area contributed by atoms with Crippen LogP contribution in [0.15, 0.2) is 67.0 Å². The van der Waals surface area contributed by atoms with Crippen molar-refractivity contribution in [1.29, 1.82) is 0 Å². The maximum absolute atomic E-state index is 14.5. The van der Waals surface area contributed by atoms with Gasteiger partial charge in [-0.25, -0.2) is 4.79 Å². The van der Waals surface area contributed by atoms with E-state index in [4.69, 9.17) is 14.2 Å². The fourth-order valence-corrected chi connectivity index (χ4v) is 6.26. The highest BCUT2D eigenvalue weighted by atomic mass is 16.5. The Morgan fingerprint density at radius 2 is 1.80 bits per heavy atom. The summed E-state index contributed by atoms with van der Waals surface area (Å²) in [5.74, 6) is -1.57. The Kier molecular flexibility index (Phi) is 7.69. The van der Waals surface area contributed by atoms with Crippen LogP contribution in [0.1, 0.15) is 50.8 Å². The van der Waals surface area contributed by atoms with Crippen molar-refractivity contribution in [3.8, 4) is 39.5 Å². The van der Waals surface area contributed by atoms with Crippen LogP contribution < -0.4 is 19.5 Å². The van der Waals surface area contributed by atoms with Crippen LogP contribution in [0.2, 0.25) is 0 Å². The summed E-state index contributed by atoms with van der Waals surface area (Å²) in [7, 11) is 3.34. The van der Waals surface area contributed by atoms with Gasteiger partial charge in [0.25, 0.3) is 0 Å². The summed E-state index contributed by atoms with van der Waals surface area (Å²) in [4.78, 5) is 40.5. The molecular formula is C34H33N3O7. The number of nitrogens with one attached hydrogen (secondary N) is 1. The van der Waals surface area contributed by atoms with Crippen LogP contribution in [-0.2, 0) is 7.05 Å². The average molecular weight is 596 g/mol. The van der Waals surface area contributed by atoms with Gasteiger partial charge in [0.15, 0.2) is 11.6 Å². The van der Waals surface area contributed by atoms with E-state index >= 15 is 0 Å². The number of Topliss-reactive ketones (excluding diaryl/α,β-unsaturated/α-hetero) is 2. The summed E-state index contributed by atoms with van der Waals surface area (Å²) in [5.41, 5.74) is 2.41. The van der Waals surface area contributed by atoms with Crippen molar-refractivity contribution in [2.45, 2.75) is 25.4 Å². The van der Waals surface area contributed by atoms with E-state index in [2.05, 4.69) is 10.4 Å². The molecule has 1 atom stereocenters. The summed E-state index contributed by atoms with van der Waals surface area (Å²) >= 11 is 0. The molecule has 2 aliphatic heterocycles. The number of methoxy groups -OCH3 is 1. The van der Waals surface area contributed by atoms with Gasteiger partial charge in [-0.3, -0.25) is 14.3 Å². The quantitative estimate of drug-likeness (QED) is 0.212. The molecule has 0 amide bonds. The molecule has 226 valence electrons. The smallest absolute Gasteiger partial charge is 0.335 e. The highest BCUT2D eigenvalue weighted by molar-refractivity contribution is 6.19. The second-order valence-electron chi connectivity index (χ2n) is 11.1. The molecule has 1 fully saturated rings. The molecule has 0 bridgehead atoms. The molecule has 4 aromatic rings. The topological polar surface area (TPSA) is 129 Å². The lowest BCUT2D eigenvalue weighted by molar-refractivity contribution is -0.0138. The van der Waals surface area contributed by atoms with E-state index in [0.29, 0.717) is 66.5 Å². The van der Waals surface area contributed by atoms with Gasteiger partial charge in [-0.2, -0.15) is 5.10 Å². The van der Waals surface area contributed by atoms with Crippen LogP contribution >= 0.6 is 0 Å². The molecule has 3 heterocycles. The molecule has 1 saturated heterocycles. The maximum atomic E-state index is 14.5. The van der Waals surface area contributed by atoms with Crippen molar-refractivity contribution < 1.29 is 33.7 Å². The standard InChI is InChI=1S/C34H33N3O7/c1-4-43-28-17-23(16-27(42-3)29(28)24-18-36-37(2)19-24)31(38)30-32(39)25-15-21(20-6-5-7-22(14-20)33(40)41)8-9-26(25)44-34(30)10-12-35-13-11-34/h5-9,14-19,30,35H,4,10-13H2,1-3H3,(H,40,41)/t30-/m1/s1. The number of ether oxygens (including phenoxy) is 3. The van der Waals surface area contributed by atoms with Crippen LogP contribution in [0.25, 0.3) is 22.3 Å². The number of aromatic nitrogens is 2. The molecule has 10 heteroatoms. The first kappa shape index (κ1) is 29.1. The van der Waals surface area contributed by atoms with E-state index in [1.807, 2.05) is 20.2 Å². The molecule has 3 aromatic carbocycles. The maximum Gasteiger partial charge on any atom is 0.335 e. The zero-order valence-electron chi connectivity index (χ0n) is 24.8. The number of hydrogen-bond donors (Lipinski definition) is 2. The van der Waals surface area contributed by atoms with Crippen LogP contribution in [0.5, 0.6) is 17.2 Å². The Morgan fingerprint density at radius 1 is 1.05 bits per heavy atom. The van der Waals surface area contributed by atoms with Crippen molar-refractivity contribution in [2.75, 3.05) is 26.8 Å². The van der Waals surface area contributed by atoms with Gasteiger partial charge in [0.1, 0.15) is 28.8 Å². The number of carboxylic acids is 1. The third-order valence-electron chi connectivity index (χ3n) is 8.37. The lowest BCUT2D eigenvalue weighted by Gasteiger charge is -2.45. The van der Waals surface area contributed by atoms with E-state index in [1.54, 1.807) is 59.4 Å². The number of rotatable bonds is 8. The van der Waals surface area contributed by atoms with Gasteiger partial charge >= 0.3 is 5.97 Å². The zero-order valence-corrected chi connectivity index (χ0v) is 24.8. The van der Waals surface area contributed by atoms with Crippen LogP contribution in [0, 0.1) is 5.92 Å². The molecule has 0 unspecified atom stereocenters. The Morgan fingerprint density at radius 3 is 2.48 bits per heavy atom. The number of carbonyl (C=O) groups excluding carboxylic acids is 2. The second-order valence-corrected chi connectivity index (χ2v) is 11.1. The predicted octanol–water partition coefficient (Wildman–Crippen LogP) is 5.06. The number of aromatic carboxylic acids is 1.